The summed E-state index contributed by atoms with van der Waals surface area (Å²) < 4.78 is 1.64. The van der Waals surface area contributed by atoms with Crippen LogP contribution in [0.4, 0.5) is 0 Å². The zero-order chi connectivity index (χ0) is 10.7. The van der Waals surface area contributed by atoms with Gasteiger partial charge in [0.1, 0.15) is 0 Å². The Labute approximate surface area is 91.8 Å². The van der Waals surface area contributed by atoms with Crippen molar-refractivity contribution in [3.63, 3.8) is 0 Å². The Morgan fingerprint density at radius 2 is 2.27 bits per heavy atom. The van der Waals surface area contributed by atoms with Gasteiger partial charge in [-0.15, -0.1) is 5.10 Å². The first-order chi connectivity index (χ1) is 7.31. The van der Waals surface area contributed by atoms with Crippen molar-refractivity contribution >= 4 is 11.6 Å². The second-order valence-corrected chi connectivity index (χ2v) is 3.46. The number of aromatic nitrogens is 4. The molecular formula is C9H10ClN5. The highest BCUT2D eigenvalue weighted by atomic mass is 35.5. The van der Waals surface area contributed by atoms with Crippen LogP contribution in [-0.2, 0) is 6.42 Å². The lowest BCUT2D eigenvalue weighted by molar-refractivity contribution is 0.755. The molecule has 0 spiro atoms. The summed E-state index contributed by atoms with van der Waals surface area (Å²) in [6, 6.07) is 7.35. The van der Waals surface area contributed by atoms with Crippen molar-refractivity contribution < 1.29 is 0 Å². The fourth-order valence-electron chi connectivity index (χ4n) is 1.30. The smallest absolute Gasteiger partial charge is 0.157 e. The fraction of sp³-hybridized carbons (Fsp3) is 0.222. The predicted molar refractivity (Wildman–Crippen MR) is 56.9 cm³/mol. The van der Waals surface area contributed by atoms with Crippen molar-refractivity contribution in [2.45, 2.75) is 6.42 Å². The van der Waals surface area contributed by atoms with Gasteiger partial charge in [0.15, 0.2) is 5.82 Å². The van der Waals surface area contributed by atoms with Crippen LogP contribution in [0.25, 0.3) is 5.69 Å². The van der Waals surface area contributed by atoms with E-state index in [4.69, 9.17) is 17.3 Å². The van der Waals surface area contributed by atoms with Gasteiger partial charge in [-0.05, 0) is 35.2 Å². The van der Waals surface area contributed by atoms with E-state index in [0.717, 1.165) is 11.5 Å². The molecule has 2 rings (SSSR count). The molecule has 2 N–H and O–H groups in total. The van der Waals surface area contributed by atoms with Gasteiger partial charge in [-0.3, -0.25) is 0 Å². The van der Waals surface area contributed by atoms with E-state index >= 15 is 0 Å². The Bertz CT molecular complexity index is 453. The molecule has 15 heavy (non-hydrogen) atoms. The van der Waals surface area contributed by atoms with E-state index in [1.807, 2.05) is 12.1 Å². The van der Waals surface area contributed by atoms with Crippen LogP contribution in [-0.4, -0.2) is 26.8 Å². The maximum Gasteiger partial charge on any atom is 0.157 e. The molecule has 1 aromatic heterocycles. The molecule has 0 saturated carbocycles. The Kier molecular flexibility index (Phi) is 2.94. The average Bonchev–Trinajstić information content (AvgIpc) is 2.66. The highest BCUT2D eigenvalue weighted by molar-refractivity contribution is 6.30. The first-order valence-electron chi connectivity index (χ1n) is 4.54. The van der Waals surface area contributed by atoms with Crippen LogP contribution in [0.1, 0.15) is 5.82 Å². The third kappa shape index (κ3) is 2.14. The minimum absolute atomic E-state index is 0.515. The zero-order valence-corrected chi connectivity index (χ0v) is 8.72. The van der Waals surface area contributed by atoms with Crippen LogP contribution in [0.15, 0.2) is 24.3 Å². The molecule has 5 nitrogen and oxygen atoms in total. The topological polar surface area (TPSA) is 69.6 Å². The number of hydrogen-bond acceptors (Lipinski definition) is 4. The van der Waals surface area contributed by atoms with E-state index in [-0.39, 0.29) is 0 Å². The maximum atomic E-state index is 5.88. The summed E-state index contributed by atoms with van der Waals surface area (Å²) in [4.78, 5) is 0. The molecular weight excluding hydrogens is 214 g/mol. The SMILES string of the molecule is NCCc1nnnn1-c1cccc(Cl)c1. The van der Waals surface area contributed by atoms with Gasteiger partial charge in [-0.1, -0.05) is 17.7 Å². The summed E-state index contributed by atoms with van der Waals surface area (Å²) in [5.41, 5.74) is 6.31. The Balaban J connectivity index is 2.40. The summed E-state index contributed by atoms with van der Waals surface area (Å²) in [5.74, 6) is 0.736. The lowest BCUT2D eigenvalue weighted by Gasteiger charge is -2.03. The van der Waals surface area contributed by atoms with E-state index in [9.17, 15) is 0 Å². The molecule has 6 heteroatoms. The van der Waals surface area contributed by atoms with E-state index < -0.39 is 0 Å². The molecule has 0 amide bonds. The second-order valence-electron chi connectivity index (χ2n) is 3.03. The van der Waals surface area contributed by atoms with E-state index in [2.05, 4.69) is 15.5 Å². The van der Waals surface area contributed by atoms with Crippen molar-refractivity contribution in [2.24, 2.45) is 5.73 Å². The predicted octanol–water partition coefficient (Wildman–Crippen LogP) is 0.817. The summed E-state index contributed by atoms with van der Waals surface area (Å²) in [6.07, 6.45) is 0.638. The summed E-state index contributed by atoms with van der Waals surface area (Å²) in [6.45, 7) is 0.515. The number of halogens is 1. The molecule has 0 aliphatic heterocycles. The molecule has 0 aliphatic carbocycles. The number of nitrogens with two attached hydrogens (primary N) is 1. The quantitative estimate of drug-likeness (QED) is 0.836. The highest BCUT2D eigenvalue weighted by Crippen LogP contribution is 2.14. The van der Waals surface area contributed by atoms with Gasteiger partial charge >= 0.3 is 0 Å². The minimum Gasteiger partial charge on any atom is -0.330 e. The van der Waals surface area contributed by atoms with Crippen molar-refractivity contribution in [1.82, 2.24) is 20.2 Å². The number of benzene rings is 1. The minimum atomic E-state index is 0.515. The molecule has 0 bridgehead atoms. The van der Waals surface area contributed by atoms with Gasteiger partial charge in [-0.25, -0.2) is 0 Å². The zero-order valence-electron chi connectivity index (χ0n) is 7.97. The molecule has 0 atom stereocenters. The molecule has 78 valence electrons. The summed E-state index contributed by atoms with van der Waals surface area (Å²) >= 11 is 5.88. The van der Waals surface area contributed by atoms with Gasteiger partial charge in [0.2, 0.25) is 0 Å². The van der Waals surface area contributed by atoms with Crippen LogP contribution in [0.3, 0.4) is 0 Å². The van der Waals surface area contributed by atoms with Gasteiger partial charge in [0.25, 0.3) is 0 Å². The van der Waals surface area contributed by atoms with Crippen LogP contribution in [0.5, 0.6) is 0 Å². The van der Waals surface area contributed by atoms with Crippen LogP contribution < -0.4 is 5.73 Å². The molecule has 1 heterocycles. The Morgan fingerprint density at radius 3 is 3.00 bits per heavy atom. The van der Waals surface area contributed by atoms with Crippen molar-refractivity contribution in [3.05, 3.63) is 35.1 Å². The van der Waals surface area contributed by atoms with E-state index in [0.29, 0.717) is 18.0 Å². The summed E-state index contributed by atoms with van der Waals surface area (Å²) in [5, 5.41) is 12.0. The number of nitrogens with zero attached hydrogens (tertiary/aromatic N) is 4. The molecule has 0 unspecified atom stereocenters. The van der Waals surface area contributed by atoms with Gasteiger partial charge < -0.3 is 5.73 Å². The second kappa shape index (κ2) is 4.37. The number of tetrazole rings is 1. The Morgan fingerprint density at radius 1 is 1.40 bits per heavy atom. The van der Waals surface area contributed by atoms with Crippen molar-refractivity contribution in [1.29, 1.82) is 0 Å². The van der Waals surface area contributed by atoms with Gasteiger partial charge in [0, 0.05) is 11.4 Å². The van der Waals surface area contributed by atoms with E-state index in [1.165, 1.54) is 0 Å². The van der Waals surface area contributed by atoms with Gasteiger partial charge in [-0.2, -0.15) is 4.68 Å². The molecule has 1 aromatic carbocycles. The van der Waals surface area contributed by atoms with E-state index in [1.54, 1.807) is 16.8 Å². The average molecular weight is 224 g/mol. The van der Waals surface area contributed by atoms with Crippen LogP contribution in [0.2, 0.25) is 5.02 Å². The number of rotatable bonds is 3. The molecule has 2 aromatic rings. The van der Waals surface area contributed by atoms with Crippen LogP contribution in [0, 0.1) is 0 Å². The largest absolute Gasteiger partial charge is 0.330 e. The number of hydrogen-bond donors (Lipinski definition) is 1. The Hall–Kier alpha value is -1.46. The highest BCUT2D eigenvalue weighted by Gasteiger charge is 2.06. The van der Waals surface area contributed by atoms with Crippen LogP contribution >= 0.6 is 11.6 Å². The normalized spacial score (nSPS) is 10.5. The maximum absolute atomic E-state index is 5.88. The summed E-state index contributed by atoms with van der Waals surface area (Å²) in [7, 11) is 0. The first kappa shape index (κ1) is 10.1. The lowest BCUT2D eigenvalue weighted by atomic mass is 10.3. The molecule has 0 radical (unpaired) electrons. The molecule has 0 aliphatic rings. The third-order valence-electron chi connectivity index (χ3n) is 1.95. The lowest BCUT2D eigenvalue weighted by Crippen LogP contribution is -2.09. The van der Waals surface area contributed by atoms with Crippen molar-refractivity contribution in [3.8, 4) is 5.69 Å². The van der Waals surface area contributed by atoms with Crippen molar-refractivity contribution in [2.75, 3.05) is 6.54 Å². The molecule has 0 saturated heterocycles. The monoisotopic (exact) mass is 223 g/mol. The fourth-order valence-corrected chi connectivity index (χ4v) is 1.48. The third-order valence-corrected chi connectivity index (χ3v) is 2.19. The molecule has 0 fully saturated rings. The van der Waals surface area contributed by atoms with Gasteiger partial charge in [0.05, 0.1) is 5.69 Å². The first-order valence-corrected chi connectivity index (χ1v) is 4.92. The standard InChI is InChI=1S/C9H10ClN5/c10-7-2-1-3-8(6-7)15-9(4-5-11)12-13-14-15/h1-3,6H,4-5,11H2.